The third-order valence-corrected chi connectivity index (χ3v) is 6.40. The van der Waals surface area contributed by atoms with Crippen LogP contribution >= 0.6 is 11.6 Å². The van der Waals surface area contributed by atoms with Gasteiger partial charge in [-0.1, -0.05) is 41.9 Å². The molecule has 0 radical (unpaired) electrons. The Labute approximate surface area is 178 Å². The summed E-state index contributed by atoms with van der Waals surface area (Å²) in [4.78, 5) is 16.9. The fourth-order valence-corrected chi connectivity index (χ4v) is 4.57. The van der Waals surface area contributed by atoms with Crippen LogP contribution in [-0.4, -0.2) is 41.0 Å². The Morgan fingerprint density at radius 1 is 1.00 bits per heavy atom. The molecule has 2 saturated heterocycles. The summed E-state index contributed by atoms with van der Waals surface area (Å²) in [5.74, 6) is 0.00630. The lowest BCUT2D eigenvalue weighted by Gasteiger charge is -2.42. The van der Waals surface area contributed by atoms with Crippen LogP contribution in [0.2, 0.25) is 5.02 Å². The van der Waals surface area contributed by atoms with Gasteiger partial charge in [-0.2, -0.15) is 13.2 Å². The molecule has 0 bridgehead atoms. The largest absolute Gasteiger partial charge is 0.416 e. The zero-order valence-electron chi connectivity index (χ0n) is 16.4. The highest BCUT2D eigenvalue weighted by Gasteiger charge is 2.50. The van der Waals surface area contributed by atoms with Crippen LogP contribution in [0.15, 0.2) is 48.5 Å². The Balaban J connectivity index is 1.45. The number of hydrogen-bond acceptors (Lipinski definition) is 3. The second kappa shape index (κ2) is 8.21. The third-order valence-electron chi connectivity index (χ3n) is 6.15. The first-order valence-corrected chi connectivity index (χ1v) is 10.3. The van der Waals surface area contributed by atoms with Crippen LogP contribution in [0.1, 0.15) is 29.5 Å². The van der Waals surface area contributed by atoms with Gasteiger partial charge >= 0.3 is 6.18 Å². The first-order chi connectivity index (χ1) is 14.3. The quantitative estimate of drug-likeness (QED) is 0.775. The summed E-state index contributed by atoms with van der Waals surface area (Å²) in [5, 5.41) is 3.61. The number of halogens is 4. The van der Waals surface area contributed by atoms with Gasteiger partial charge in [-0.15, -0.1) is 0 Å². The summed E-state index contributed by atoms with van der Waals surface area (Å²) in [6, 6.07) is 13.2. The standard InChI is InChI=1S/C22H23ClF3N3O/c23-18-7-5-16(6-8-18)13-29-15-27-20(30)21(29)9-11-28(12-10-21)14-17-3-1-2-4-19(17)22(24,25)26/h1-8H,9-15H2,(H,27,30). The Kier molecular flexibility index (Phi) is 5.79. The average molecular weight is 438 g/mol. The molecule has 2 aromatic rings. The normalized spacial score (nSPS) is 19.9. The molecule has 30 heavy (non-hydrogen) atoms. The molecule has 1 spiro atoms. The predicted molar refractivity (Wildman–Crippen MR) is 109 cm³/mol. The van der Waals surface area contributed by atoms with Crippen molar-refractivity contribution in [1.29, 1.82) is 0 Å². The van der Waals surface area contributed by atoms with Crippen molar-refractivity contribution in [2.24, 2.45) is 0 Å². The summed E-state index contributed by atoms with van der Waals surface area (Å²) in [7, 11) is 0. The second-order valence-electron chi connectivity index (χ2n) is 7.95. The van der Waals surface area contributed by atoms with E-state index in [0.29, 0.717) is 44.2 Å². The Morgan fingerprint density at radius 2 is 1.67 bits per heavy atom. The molecule has 0 saturated carbocycles. The highest BCUT2D eigenvalue weighted by Crippen LogP contribution is 2.36. The highest BCUT2D eigenvalue weighted by molar-refractivity contribution is 6.30. The zero-order chi connectivity index (χ0) is 21.4. The smallest absolute Gasteiger partial charge is 0.342 e. The van der Waals surface area contributed by atoms with E-state index in [2.05, 4.69) is 10.2 Å². The summed E-state index contributed by atoms with van der Waals surface area (Å²) < 4.78 is 39.9. The number of likely N-dealkylation sites (tertiary alicyclic amines) is 1. The van der Waals surface area contributed by atoms with Crippen molar-refractivity contribution < 1.29 is 18.0 Å². The molecule has 1 amide bonds. The lowest BCUT2D eigenvalue weighted by molar-refractivity contribution is -0.138. The number of piperidine rings is 1. The molecule has 2 aromatic carbocycles. The third kappa shape index (κ3) is 4.19. The van der Waals surface area contributed by atoms with E-state index in [0.717, 1.165) is 11.6 Å². The second-order valence-corrected chi connectivity index (χ2v) is 8.39. The summed E-state index contributed by atoms with van der Waals surface area (Å²) in [5.41, 5.74) is 0.138. The molecule has 4 rings (SSSR count). The number of alkyl halides is 3. The first-order valence-electron chi connectivity index (χ1n) is 9.93. The minimum absolute atomic E-state index is 0.00630. The lowest BCUT2D eigenvalue weighted by Crippen LogP contribution is -2.55. The van der Waals surface area contributed by atoms with Gasteiger partial charge in [0.25, 0.3) is 0 Å². The van der Waals surface area contributed by atoms with Crippen LogP contribution < -0.4 is 5.32 Å². The van der Waals surface area contributed by atoms with Gasteiger partial charge in [0.15, 0.2) is 0 Å². The number of hydrogen-bond donors (Lipinski definition) is 1. The van der Waals surface area contributed by atoms with Crippen LogP contribution in [0.4, 0.5) is 13.2 Å². The molecule has 0 atom stereocenters. The Bertz CT molecular complexity index is 909. The number of amides is 1. The summed E-state index contributed by atoms with van der Waals surface area (Å²) >= 11 is 5.96. The van der Waals surface area contributed by atoms with Crippen molar-refractivity contribution in [3.8, 4) is 0 Å². The van der Waals surface area contributed by atoms with E-state index in [1.807, 2.05) is 29.2 Å². The van der Waals surface area contributed by atoms with Crippen LogP contribution in [0, 0.1) is 0 Å². The van der Waals surface area contributed by atoms with Gasteiger partial charge in [-0.25, -0.2) is 0 Å². The maximum Gasteiger partial charge on any atom is 0.416 e. The number of benzene rings is 2. The monoisotopic (exact) mass is 437 g/mol. The van der Waals surface area contributed by atoms with Crippen molar-refractivity contribution in [2.45, 2.75) is 37.6 Å². The highest BCUT2D eigenvalue weighted by atomic mass is 35.5. The Hall–Kier alpha value is -2.09. The number of carbonyl (C=O) groups is 1. The number of rotatable bonds is 4. The van der Waals surface area contributed by atoms with E-state index < -0.39 is 17.3 Å². The van der Waals surface area contributed by atoms with Crippen molar-refractivity contribution in [1.82, 2.24) is 15.1 Å². The zero-order valence-corrected chi connectivity index (χ0v) is 17.1. The van der Waals surface area contributed by atoms with Crippen LogP contribution in [0.25, 0.3) is 0 Å². The maximum atomic E-state index is 13.3. The molecule has 0 aromatic heterocycles. The molecule has 2 aliphatic heterocycles. The van der Waals surface area contributed by atoms with E-state index in [1.165, 1.54) is 12.1 Å². The number of carbonyl (C=O) groups excluding carboxylic acids is 1. The molecule has 4 nitrogen and oxygen atoms in total. The van der Waals surface area contributed by atoms with Gasteiger partial charge in [-0.3, -0.25) is 14.6 Å². The molecule has 2 fully saturated rings. The van der Waals surface area contributed by atoms with E-state index in [4.69, 9.17) is 11.6 Å². The molecule has 2 heterocycles. The molecule has 2 aliphatic rings. The predicted octanol–water partition coefficient (Wildman–Crippen LogP) is 4.28. The Morgan fingerprint density at radius 3 is 2.33 bits per heavy atom. The van der Waals surface area contributed by atoms with E-state index in [9.17, 15) is 18.0 Å². The first kappa shape index (κ1) is 21.2. The fraction of sp³-hybridized carbons (Fsp3) is 0.409. The minimum Gasteiger partial charge on any atom is -0.342 e. The number of nitrogens with one attached hydrogen (secondary N) is 1. The van der Waals surface area contributed by atoms with Crippen molar-refractivity contribution in [3.63, 3.8) is 0 Å². The van der Waals surface area contributed by atoms with Gasteiger partial charge in [0.2, 0.25) is 5.91 Å². The molecule has 1 N–H and O–H groups in total. The van der Waals surface area contributed by atoms with Crippen LogP contribution in [0.5, 0.6) is 0 Å². The van der Waals surface area contributed by atoms with Gasteiger partial charge in [0.1, 0.15) is 5.54 Å². The minimum atomic E-state index is -4.37. The molecular weight excluding hydrogens is 415 g/mol. The number of nitrogens with zero attached hydrogens (tertiary/aromatic N) is 2. The molecule has 0 aliphatic carbocycles. The maximum absolute atomic E-state index is 13.3. The van der Waals surface area contributed by atoms with Gasteiger partial charge in [-0.05, 0) is 42.2 Å². The SMILES string of the molecule is O=C1NCN(Cc2ccc(Cl)cc2)C12CCN(Cc1ccccc1C(F)(F)F)CC2. The van der Waals surface area contributed by atoms with Crippen molar-refractivity contribution >= 4 is 17.5 Å². The summed E-state index contributed by atoms with van der Waals surface area (Å²) in [6.45, 7) is 2.45. The van der Waals surface area contributed by atoms with E-state index in [1.54, 1.807) is 6.07 Å². The van der Waals surface area contributed by atoms with Crippen molar-refractivity contribution in [3.05, 3.63) is 70.2 Å². The molecule has 160 valence electrons. The molecule has 8 heteroatoms. The van der Waals surface area contributed by atoms with Crippen LogP contribution in [0.3, 0.4) is 0 Å². The van der Waals surface area contributed by atoms with Crippen molar-refractivity contribution in [2.75, 3.05) is 19.8 Å². The van der Waals surface area contributed by atoms with Gasteiger partial charge in [0.05, 0.1) is 12.2 Å². The average Bonchev–Trinajstić information content (AvgIpc) is 3.00. The summed E-state index contributed by atoms with van der Waals surface area (Å²) in [6.07, 6.45) is -3.20. The van der Waals surface area contributed by atoms with E-state index >= 15 is 0 Å². The van der Waals surface area contributed by atoms with Gasteiger partial charge < -0.3 is 5.32 Å². The molecular formula is C22H23ClF3N3O. The fourth-order valence-electron chi connectivity index (χ4n) is 4.44. The lowest BCUT2D eigenvalue weighted by atomic mass is 9.85. The molecule has 0 unspecified atom stereocenters. The topological polar surface area (TPSA) is 35.6 Å². The van der Waals surface area contributed by atoms with Gasteiger partial charge in [0, 0.05) is 31.2 Å². The van der Waals surface area contributed by atoms with E-state index in [-0.39, 0.29) is 18.0 Å². The van der Waals surface area contributed by atoms with Crippen LogP contribution in [-0.2, 0) is 24.1 Å².